The van der Waals surface area contributed by atoms with Crippen LogP contribution in [0.2, 0.25) is 5.02 Å². The molecule has 0 aliphatic heterocycles. The first-order chi connectivity index (χ1) is 8.90. The Labute approximate surface area is 124 Å². The van der Waals surface area contributed by atoms with Crippen molar-refractivity contribution in [3.63, 3.8) is 0 Å². The first kappa shape index (κ1) is 14.1. The van der Waals surface area contributed by atoms with Crippen molar-refractivity contribution in [2.45, 2.75) is 20.4 Å². The van der Waals surface area contributed by atoms with Gasteiger partial charge in [0.05, 0.1) is 16.7 Å². The van der Waals surface area contributed by atoms with Gasteiger partial charge < -0.3 is 5.73 Å². The Hall–Kier alpha value is -1.33. The van der Waals surface area contributed by atoms with Crippen molar-refractivity contribution in [3.8, 4) is 0 Å². The first-order valence-electron chi connectivity index (χ1n) is 5.67. The van der Waals surface area contributed by atoms with E-state index in [0.29, 0.717) is 22.9 Å². The van der Waals surface area contributed by atoms with Crippen LogP contribution in [-0.4, -0.2) is 9.55 Å². The lowest BCUT2D eigenvalue weighted by Crippen LogP contribution is -2.27. The minimum Gasteiger partial charge on any atom is -0.399 e. The molecule has 0 aliphatic carbocycles. The Morgan fingerprint density at radius 2 is 2.11 bits per heavy atom. The molecule has 2 aromatic rings. The average molecular weight is 343 g/mol. The van der Waals surface area contributed by atoms with Gasteiger partial charge in [-0.2, -0.15) is 4.98 Å². The quantitative estimate of drug-likeness (QED) is 0.854. The SMILES string of the molecule is Cc1nc(=O)n(Cc2cc(N)ccc2Cl)c(C)c1Br. The fourth-order valence-corrected chi connectivity index (χ4v) is 2.33. The van der Waals surface area contributed by atoms with Crippen LogP contribution in [0, 0.1) is 13.8 Å². The lowest BCUT2D eigenvalue weighted by molar-refractivity contribution is 0.689. The fourth-order valence-electron chi connectivity index (χ4n) is 1.85. The second kappa shape index (κ2) is 5.35. The average Bonchev–Trinajstić information content (AvgIpc) is 2.36. The van der Waals surface area contributed by atoms with E-state index in [4.69, 9.17) is 17.3 Å². The summed E-state index contributed by atoms with van der Waals surface area (Å²) in [7, 11) is 0. The molecule has 0 unspecified atom stereocenters. The number of aromatic nitrogens is 2. The summed E-state index contributed by atoms with van der Waals surface area (Å²) < 4.78 is 2.39. The van der Waals surface area contributed by atoms with Crippen molar-refractivity contribution in [2.75, 3.05) is 5.73 Å². The molecule has 2 rings (SSSR count). The summed E-state index contributed by atoms with van der Waals surface area (Å²) in [5.74, 6) is 0. The Morgan fingerprint density at radius 3 is 2.79 bits per heavy atom. The van der Waals surface area contributed by atoms with E-state index >= 15 is 0 Å². The summed E-state index contributed by atoms with van der Waals surface area (Å²) in [5.41, 5.74) is 8.35. The fraction of sp³-hybridized carbons (Fsp3) is 0.231. The number of hydrogen-bond donors (Lipinski definition) is 1. The van der Waals surface area contributed by atoms with Gasteiger partial charge in [0.1, 0.15) is 0 Å². The van der Waals surface area contributed by atoms with E-state index in [9.17, 15) is 4.79 Å². The summed E-state index contributed by atoms with van der Waals surface area (Å²) in [5, 5.41) is 0.581. The predicted molar refractivity (Wildman–Crippen MR) is 80.6 cm³/mol. The highest BCUT2D eigenvalue weighted by molar-refractivity contribution is 9.10. The van der Waals surface area contributed by atoms with E-state index < -0.39 is 0 Å². The zero-order valence-corrected chi connectivity index (χ0v) is 12.9. The van der Waals surface area contributed by atoms with Crippen molar-refractivity contribution < 1.29 is 0 Å². The van der Waals surface area contributed by atoms with Crippen molar-refractivity contribution in [1.29, 1.82) is 0 Å². The molecule has 0 atom stereocenters. The van der Waals surface area contributed by atoms with Gasteiger partial charge in [0.2, 0.25) is 0 Å². The standard InChI is InChI=1S/C13H13BrClN3O/c1-7-12(14)8(2)18(13(19)17-7)6-9-5-10(16)3-4-11(9)15/h3-5H,6,16H2,1-2H3. The van der Waals surface area contributed by atoms with E-state index in [1.54, 1.807) is 29.7 Å². The van der Waals surface area contributed by atoms with Crippen LogP contribution in [0.25, 0.3) is 0 Å². The summed E-state index contributed by atoms with van der Waals surface area (Å²) in [4.78, 5) is 15.9. The topological polar surface area (TPSA) is 60.9 Å². The highest BCUT2D eigenvalue weighted by atomic mass is 79.9. The number of benzene rings is 1. The predicted octanol–water partition coefficient (Wildman–Crippen LogP) is 2.91. The monoisotopic (exact) mass is 341 g/mol. The number of rotatable bonds is 2. The second-order valence-electron chi connectivity index (χ2n) is 4.32. The largest absolute Gasteiger partial charge is 0.399 e. The van der Waals surface area contributed by atoms with Gasteiger partial charge in [-0.15, -0.1) is 0 Å². The van der Waals surface area contributed by atoms with Gasteiger partial charge >= 0.3 is 5.69 Å². The van der Waals surface area contributed by atoms with E-state index in [0.717, 1.165) is 15.7 Å². The van der Waals surface area contributed by atoms with Crippen molar-refractivity contribution >= 4 is 33.2 Å². The minimum atomic E-state index is -0.295. The zero-order valence-electron chi connectivity index (χ0n) is 10.6. The number of nitrogens with zero attached hydrogens (tertiary/aromatic N) is 2. The number of aryl methyl sites for hydroxylation is 1. The van der Waals surface area contributed by atoms with Crippen LogP contribution in [0.15, 0.2) is 27.5 Å². The molecule has 0 spiro atoms. The summed E-state index contributed by atoms with van der Waals surface area (Å²) >= 11 is 9.55. The maximum absolute atomic E-state index is 12.0. The first-order valence-corrected chi connectivity index (χ1v) is 6.84. The highest BCUT2D eigenvalue weighted by Crippen LogP contribution is 2.22. The number of halogens is 2. The van der Waals surface area contributed by atoms with Gasteiger partial charge in [0.15, 0.2) is 0 Å². The van der Waals surface area contributed by atoms with E-state index in [1.165, 1.54) is 0 Å². The van der Waals surface area contributed by atoms with Crippen LogP contribution in [0.1, 0.15) is 17.0 Å². The van der Waals surface area contributed by atoms with Crippen LogP contribution < -0.4 is 11.4 Å². The smallest absolute Gasteiger partial charge is 0.348 e. The van der Waals surface area contributed by atoms with Gasteiger partial charge in [-0.3, -0.25) is 4.57 Å². The third-order valence-electron chi connectivity index (χ3n) is 2.93. The lowest BCUT2D eigenvalue weighted by atomic mass is 10.2. The summed E-state index contributed by atoms with van der Waals surface area (Å²) in [6.07, 6.45) is 0. The van der Waals surface area contributed by atoms with Gasteiger partial charge in [0, 0.05) is 16.4 Å². The van der Waals surface area contributed by atoms with Crippen molar-refractivity contribution in [2.24, 2.45) is 0 Å². The lowest BCUT2D eigenvalue weighted by Gasteiger charge is -2.13. The number of anilines is 1. The molecule has 100 valence electrons. The van der Waals surface area contributed by atoms with Gasteiger partial charge in [-0.05, 0) is 53.5 Å². The minimum absolute atomic E-state index is 0.295. The Kier molecular flexibility index (Phi) is 3.96. The molecule has 6 heteroatoms. The molecule has 4 nitrogen and oxygen atoms in total. The van der Waals surface area contributed by atoms with Crippen molar-refractivity contribution in [1.82, 2.24) is 9.55 Å². The number of nitrogen functional groups attached to an aromatic ring is 1. The highest BCUT2D eigenvalue weighted by Gasteiger charge is 2.11. The molecule has 0 fully saturated rings. The normalized spacial score (nSPS) is 10.7. The zero-order chi connectivity index (χ0) is 14.2. The number of hydrogen-bond acceptors (Lipinski definition) is 3. The van der Waals surface area contributed by atoms with Crippen LogP contribution in [0.3, 0.4) is 0 Å². The molecule has 1 aromatic heterocycles. The van der Waals surface area contributed by atoms with E-state index in [2.05, 4.69) is 20.9 Å². The molecule has 2 N–H and O–H groups in total. The molecule has 0 saturated heterocycles. The summed E-state index contributed by atoms with van der Waals surface area (Å²) in [6, 6.07) is 5.22. The maximum Gasteiger partial charge on any atom is 0.348 e. The molecule has 0 radical (unpaired) electrons. The van der Waals surface area contributed by atoms with Gasteiger partial charge in [0.25, 0.3) is 0 Å². The van der Waals surface area contributed by atoms with E-state index in [1.807, 2.05) is 6.92 Å². The second-order valence-corrected chi connectivity index (χ2v) is 5.52. The van der Waals surface area contributed by atoms with Crippen LogP contribution in [0.4, 0.5) is 5.69 Å². The number of nitrogens with two attached hydrogens (primary N) is 1. The van der Waals surface area contributed by atoms with Gasteiger partial charge in [-0.1, -0.05) is 11.6 Å². The van der Waals surface area contributed by atoms with Crippen LogP contribution in [-0.2, 0) is 6.54 Å². The molecule has 19 heavy (non-hydrogen) atoms. The Bertz CT molecular complexity index is 697. The van der Waals surface area contributed by atoms with Crippen LogP contribution >= 0.6 is 27.5 Å². The molecule has 0 aliphatic rings. The Balaban J connectivity index is 2.53. The molecule has 0 amide bonds. The molecule has 1 heterocycles. The van der Waals surface area contributed by atoms with Crippen LogP contribution in [0.5, 0.6) is 0 Å². The molecular weight excluding hydrogens is 330 g/mol. The third-order valence-corrected chi connectivity index (χ3v) is 4.45. The molecule has 0 saturated carbocycles. The maximum atomic E-state index is 12.0. The molecule has 1 aromatic carbocycles. The van der Waals surface area contributed by atoms with Gasteiger partial charge in [-0.25, -0.2) is 4.79 Å². The summed E-state index contributed by atoms with van der Waals surface area (Å²) in [6.45, 7) is 4.00. The molecule has 0 bridgehead atoms. The molecular formula is C13H13BrClN3O. The third kappa shape index (κ3) is 2.82. The Morgan fingerprint density at radius 1 is 1.42 bits per heavy atom. The van der Waals surface area contributed by atoms with Crippen molar-refractivity contribution in [3.05, 3.63) is 55.1 Å². The van der Waals surface area contributed by atoms with E-state index in [-0.39, 0.29) is 5.69 Å².